The molecule has 1 saturated heterocycles. The van der Waals surface area contributed by atoms with E-state index in [0.717, 1.165) is 5.56 Å². The molecule has 1 unspecified atom stereocenters. The van der Waals surface area contributed by atoms with Crippen LogP contribution >= 0.6 is 11.6 Å². The van der Waals surface area contributed by atoms with Crippen LogP contribution in [0.25, 0.3) is 0 Å². The molecule has 0 spiro atoms. The third kappa shape index (κ3) is 3.45. The summed E-state index contributed by atoms with van der Waals surface area (Å²) in [5, 5.41) is 9.44. The van der Waals surface area contributed by atoms with Crippen LogP contribution in [0.5, 0.6) is 0 Å². The van der Waals surface area contributed by atoms with Crippen LogP contribution in [-0.2, 0) is 20.9 Å². The largest absolute Gasteiger partial charge is 0.481 e. The quantitative estimate of drug-likeness (QED) is 0.910. The molecule has 1 N–H and O–H groups in total. The van der Waals surface area contributed by atoms with Crippen molar-refractivity contribution in [3.63, 3.8) is 0 Å². The molecule has 1 amide bonds. The first-order valence-electron chi connectivity index (χ1n) is 5.90. The van der Waals surface area contributed by atoms with Gasteiger partial charge in [-0.3, -0.25) is 9.59 Å². The number of ether oxygens (including phenoxy) is 1. The van der Waals surface area contributed by atoms with Crippen molar-refractivity contribution >= 4 is 23.5 Å². The third-order valence-corrected chi connectivity index (χ3v) is 3.37. The molecule has 0 aliphatic carbocycles. The van der Waals surface area contributed by atoms with Crippen molar-refractivity contribution in [2.75, 3.05) is 13.2 Å². The van der Waals surface area contributed by atoms with Gasteiger partial charge in [-0.2, -0.15) is 0 Å². The zero-order valence-electron chi connectivity index (χ0n) is 10.2. The fourth-order valence-corrected chi connectivity index (χ4v) is 2.25. The summed E-state index contributed by atoms with van der Waals surface area (Å²) in [6, 6.07) is 6.76. The van der Waals surface area contributed by atoms with Gasteiger partial charge in [0.1, 0.15) is 6.61 Å². The predicted octanol–water partition coefficient (Wildman–Crippen LogP) is 1.54. The molecule has 1 aromatic carbocycles. The minimum absolute atomic E-state index is 0.0133. The van der Waals surface area contributed by atoms with Crippen LogP contribution < -0.4 is 0 Å². The number of hydrogen-bond donors (Lipinski definition) is 1. The highest BCUT2D eigenvalue weighted by molar-refractivity contribution is 6.31. The number of amides is 1. The monoisotopic (exact) mass is 283 g/mol. The lowest BCUT2D eigenvalue weighted by Crippen LogP contribution is -2.49. The van der Waals surface area contributed by atoms with E-state index in [9.17, 15) is 9.59 Å². The van der Waals surface area contributed by atoms with Gasteiger partial charge in [-0.05, 0) is 11.6 Å². The van der Waals surface area contributed by atoms with Gasteiger partial charge in [0.2, 0.25) is 5.91 Å². The molecule has 0 radical (unpaired) electrons. The molecule has 6 heteroatoms. The topological polar surface area (TPSA) is 66.8 Å². The molecule has 1 aromatic rings. The summed E-state index contributed by atoms with van der Waals surface area (Å²) in [5.74, 6) is -1.16. The van der Waals surface area contributed by atoms with Gasteiger partial charge >= 0.3 is 5.97 Å². The van der Waals surface area contributed by atoms with E-state index in [1.165, 1.54) is 4.90 Å². The van der Waals surface area contributed by atoms with E-state index in [1.54, 1.807) is 6.07 Å². The highest BCUT2D eigenvalue weighted by Crippen LogP contribution is 2.21. The molecule has 2 rings (SSSR count). The number of carbonyl (C=O) groups is 2. The number of halogens is 1. The number of aliphatic carboxylic acids is 1. The maximum absolute atomic E-state index is 11.9. The Morgan fingerprint density at radius 1 is 1.47 bits per heavy atom. The summed E-state index contributed by atoms with van der Waals surface area (Å²) >= 11 is 6.06. The Bertz CT molecular complexity index is 491. The standard InChI is InChI=1S/C13H14ClNO4/c14-11-4-2-1-3-9(11)6-15-10(5-13(17)18)7-19-8-12(15)16/h1-4,10H,5-8H2,(H,17,18). The second kappa shape index (κ2) is 6.04. The number of carboxylic acid groups (broad SMARTS) is 1. The summed E-state index contributed by atoms with van der Waals surface area (Å²) < 4.78 is 5.11. The van der Waals surface area contributed by atoms with Crippen molar-refractivity contribution in [3.8, 4) is 0 Å². The van der Waals surface area contributed by atoms with Crippen molar-refractivity contribution in [1.82, 2.24) is 4.90 Å². The van der Waals surface area contributed by atoms with E-state index in [0.29, 0.717) is 11.6 Å². The van der Waals surface area contributed by atoms with E-state index >= 15 is 0 Å². The summed E-state index contributed by atoms with van der Waals surface area (Å²) in [4.78, 5) is 24.2. The van der Waals surface area contributed by atoms with Crippen molar-refractivity contribution in [2.45, 2.75) is 19.0 Å². The fourth-order valence-electron chi connectivity index (χ4n) is 2.06. The van der Waals surface area contributed by atoms with E-state index in [-0.39, 0.29) is 25.5 Å². The number of nitrogens with zero attached hydrogens (tertiary/aromatic N) is 1. The molecule has 1 aliphatic rings. The third-order valence-electron chi connectivity index (χ3n) is 3.01. The number of benzene rings is 1. The minimum Gasteiger partial charge on any atom is -0.481 e. The highest BCUT2D eigenvalue weighted by atomic mass is 35.5. The Balaban J connectivity index is 2.16. The second-order valence-corrected chi connectivity index (χ2v) is 4.79. The SMILES string of the molecule is O=C(O)CC1COCC(=O)N1Cc1ccccc1Cl. The van der Waals surface area contributed by atoms with Crippen LogP contribution in [0.4, 0.5) is 0 Å². The highest BCUT2D eigenvalue weighted by Gasteiger charge is 2.30. The maximum atomic E-state index is 11.9. The molecule has 0 aromatic heterocycles. The number of carbonyl (C=O) groups excluding carboxylic acids is 1. The smallest absolute Gasteiger partial charge is 0.305 e. The van der Waals surface area contributed by atoms with Gasteiger partial charge in [-0.1, -0.05) is 29.8 Å². The van der Waals surface area contributed by atoms with Gasteiger partial charge in [0, 0.05) is 11.6 Å². The second-order valence-electron chi connectivity index (χ2n) is 4.38. The van der Waals surface area contributed by atoms with Crippen molar-refractivity contribution in [1.29, 1.82) is 0 Å². The molecule has 1 heterocycles. The molecule has 102 valence electrons. The van der Waals surface area contributed by atoms with Crippen LogP contribution in [-0.4, -0.2) is 41.1 Å². The van der Waals surface area contributed by atoms with E-state index in [1.807, 2.05) is 18.2 Å². The molecule has 19 heavy (non-hydrogen) atoms. The molecule has 1 aliphatic heterocycles. The Kier molecular flexibility index (Phi) is 4.39. The molecule has 1 fully saturated rings. The normalized spacial score (nSPS) is 19.5. The first-order chi connectivity index (χ1) is 9.08. The van der Waals surface area contributed by atoms with Gasteiger partial charge < -0.3 is 14.7 Å². The Morgan fingerprint density at radius 2 is 2.21 bits per heavy atom. The Labute approximate surface area is 115 Å². The van der Waals surface area contributed by atoms with Gasteiger partial charge in [-0.25, -0.2) is 0 Å². The average Bonchev–Trinajstić information content (AvgIpc) is 2.35. The fraction of sp³-hybridized carbons (Fsp3) is 0.385. The van der Waals surface area contributed by atoms with Crippen LogP contribution in [0, 0.1) is 0 Å². The van der Waals surface area contributed by atoms with E-state index in [2.05, 4.69) is 0 Å². The number of rotatable bonds is 4. The van der Waals surface area contributed by atoms with Crippen LogP contribution in [0.1, 0.15) is 12.0 Å². The first-order valence-corrected chi connectivity index (χ1v) is 6.28. The van der Waals surface area contributed by atoms with Crippen molar-refractivity contribution < 1.29 is 19.4 Å². The molecular weight excluding hydrogens is 270 g/mol. The van der Waals surface area contributed by atoms with Gasteiger partial charge in [0.25, 0.3) is 0 Å². The van der Waals surface area contributed by atoms with Crippen molar-refractivity contribution in [2.24, 2.45) is 0 Å². The minimum atomic E-state index is -0.951. The Morgan fingerprint density at radius 3 is 2.89 bits per heavy atom. The van der Waals surface area contributed by atoms with Crippen LogP contribution in [0.15, 0.2) is 24.3 Å². The summed E-state index contributed by atoms with van der Waals surface area (Å²) in [7, 11) is 0. The zero-order valence-corrected chi connectivity index (χ0v) is 11.0. The Hall–Kier alpha value is -1.59. The molecule has 1 atom stereocenters. The van der Waals surface area contributed by atoms with Crippen LogP contribution in [0.3, 0.4) is 0 Å². The number of morpholine rings is 1. The first kappa shape index (κ1) is 13.8. The number of carboxylic acids is 1. The lowest BCUT2D eigenvalue weighted by atomic mass is 10.1. The predicted molar refractivity (Wildman–Crippen MR) is 68.9 cm³/mol. The van der Waals surface area contributed by atoms with E-state index in [4.69, 9.17) is 21.4 Å². The zero-order chi connectivity index (χ0) is 13.8. The van der Waals surface area contributed by atoms with Gasteiger partial charge in [-0.15, -0.1) is 0 Å². The molecule has 5 nitrogen and oxygen atoms in total. The lowest BCUT2D eigenvalue weighted by Gasteiger charge is -2.35. The summed E-state index contributed by atoms with van der Waals surface area (Å²) in [5.41, 5.74) is 0.801. The van der Waals surface area contributed by atoms with Gasteiger partial charge in [0.05, 0.1) is 19.1 Å². The van der Waals surface area contributed by atoms with Crippen LogP contribution in [0.2, 0.25) is 5.02 Å². The van der Waals surface area contributed by atoms with Crippen molar-refractivity contribution in [3.05, 3.63) is 34.9 Å². The summed E-state index contributed by atoms with van der Waals surface area (Å²) in [6.07, 6.45) is -0.129. The molecule has 0 saturated carbocycles. The number of hydrogen-bond acceptors (Lipinski definition) is 3. The molecule has 0 bridgehead atoms. The molecular formula is C13H14ClNO4. The maximum Gasteiger partial charge on any atom is 0.305 e. The van der Waals surface area contributed by atoms with Gasteiger partial charge in [0.15, 0.2) is 0 Å². The average molecular weight is 284 g/mol. The van der Waals surface area contributed by atoms with E-state index < -0.39 is 12.0 Å². The lowest BCUT2D eigenvalue weighted by molar-refractivity contribution is -0.152. The summed E-state index contributed by atoms with van der Waals surface area (Å²) in [6.45, 7) is 0.531.